The van der Waals surface area contributed by atoms with Gasteiger partial charge in [-0.3, -0.25) is 0 Å². The summed E-state index contributed by atoms with van der Waals surface area (Å²) in [5.74, 6) is 6.04. The van der Waals surface area contributed by atoms with Gasteiger partial charge >= 0.3 is 0 Å². The van der Waals surface area contributed by atoms with E-state index in [-0.39, 0.29) is 0 Å². The first-order valence-electron chi connectivity index (χ1n) is 13.0. The van der Waals surface area contributed by atoms with Gasteiger partial charge in [-0.1, -0.05) is 65.3 Å². The molecule has 0 amide bonds. The number of hydrogen-bond acceptors (Lipinski definition) is 0. The van der Waals surface area contributed by atoms with Crippen molar-refractivity contribution in [2.24, 2.45) is 52.3 Å². The quantitative estimate of drug-likeness (QED) is 0.408. The molecule has 0 nitrogen and oxygen atoms in total. The molecule has 0 spiro atoms. The van der Waals surface area contributed by atoms with E-state index in [0.29, 0.717) is 10.8 Å². The largest absolute Gasteiger partial charge is 0.0851 e. The fourth-order valence-corrected chi connectivity index (χ4v) is 8.66. The van der Waals surface area contributed by atoms with E-state index in [1.165, 1.54) is 57.8 Å². The second kappa shape index (κ2) is 8.20. The highest BCUT2D eigenvalue weighted by Gasteiger charge is 2.58. The molecule has 0 heterocycles. The molecule has 0 aromatic carbocycles. The van der Waals surface area contributed by atoms with Crippen LogP contribution in [0.4, 0.5) is 0 Å². The predicted octanol–water partition coefficient (Wildman–Crippen LogP) is 8.64. The van der Waals surface area contributed by atoms with E-state index < -0.39 is 0 Å². The minimum absolute atomic E-state index is 0.522. The van der Waals surface area contributed by atoms with Crippen LogP contribution in [0.5, 0.6) is 0 Å². The second-order valence-corrected chi connectivity index (χ2v) is 12.1. The van der Waals surface area contributed by atoms with Crippen molar-refractivity contribution in [3.63, 3.8) is 0 Å². The molecule has 8 atom stereocenters. The summed E-state index contributed by atoms with van der Waals surface area (Å²) in [5.41, 5.74) is 2.90. The second-order valence-electron chi connectivity index (χ2n) is 12.1. The molecule has 0 N–H and O–H groups in total. The average Bonchev–Trinajstić information content (AvgIpc) is 3.05. The lowest BCUT2D eigenvalue weighted by Crippen LogP contribution is -2.50. The highest BCUT2D eigenvalue weighted by atomic mass is 14.6. The summed E-state index contributed by atoms with van der Waals surface area (Å²) >= 11 is 0. The number of fused-ring (bicyclic) bond motifs is 5. The van der Waals surface area contributed by atoms with Crippen molar-refractivity contribution in [1.29, 1.82) is 0 Å². The Labute approximate surface area is 182 Å². The molecule has 163 valence electrons. The van der Waals surface area contributed by atoms with Crippen LogP contribution < -0.4 is 0 Å². The van der Waals surface area contributed by atoms with Crippen LogP contribution in [0, 0.1) is 58.7 Å². The van der Waals surface area contributed by atoms with Crippen LogP contribution >= 0.6 is 0 Å². The first kappa shape index (κ1) is 21.7. The first-order valence-corrected chi connectivity index (χ1v) is 13.0. The maximum Gasteiger partial charge on any atom is -0.00851 e. The van der Waals surface area contributed by atoms with Gasteiger partial charge in [-0.05, 0) is 116 Å². The Kier molecular flexibility index (Phi) is 6.14. The van der Waals surface area contributed by atoms with Crippen molar-refractivity contribution < 1.29 is 0 Å². The standard InChI is InChI=1S/C29H47/c1-7-22(20(2)3)12-11-21(4)25-15-16-26-24-14-13-23-10-8-9-18-28(23,5)27(24)17-19-29(25,26)6/h8,11-13,20-22,24-27H,7,9-10,14-19H2,1-6H3/t21-,22-,24+,25-,26+,27+,28+,29-/m1/s1. The van der Waals surface area contributed by atoms with E-state index in [4.69, 9.17) is 0 Å². The van der Waals surface area contributed by atoms with Crippen LogP contribution in [-0.4, -0.2) is 0 Å². The van der Waals surface area contributed by atoms with Gasteiger partial charge in [-0.15, -0.1) is 0 Å². The van der Waals surface area contributed by atoms with Crippen LogP contribution in [0.15, 0.2) is 23.8 Å². The summed E-state index contributed by atoms with van der Waals surface area (Å²) in [6.45, 7) is 15.0. The summed E-state index contributed by atoms with van der Waals surface area (Å²) in [6.07, 6.45) is 23.1. The third kappa shape index (κ3) is 3.59. The van der Waals surface area contributed by atoms with Gasteiger partial charge < -0.3 is 0 Å². The molecule has 0 bridgehead atoms. The van der Waals surface area contributed by atoms with Crippen molar-refractivity contribution in [2.75, 3.05) is 0 Å². The Bertz CT molecular complexity index is 638. The van der Waals surface area contributed by atoms with E-state index in [0.717, 1.165) is 41.4 Å². The molecular formula is C29H47. The number of rotatable bonds is 5. The van der Waals surface area contributed by atoms with Crippen LogP contribution in [-0.2, 0) is 0 Å². The maximum absolute atomic E-state index is 2.70. The smallest absolute Gasteiger partial charge is 0.00851 e. The molecule has 4 aliphatic rings. The van der Waals surface area contributed by atoms with Gasteiger partial charge in [-0.25, -0.2) is 0 Å². The Morgan fingerprint density at radius 2 is 1.83 bits per heavy atom. The zero-order valence-corrected chi connectivity index (χ0v) is 20.2. The third-order valence-electron chi connectivity index (χ3n) is 10.6. The van der Waals surface area contributed by atoms with Crippen molar-refractivity contribution in [2.45, 2.75) is 99.3 Å². The molecule has 29 heavy (non-hydrogen) atoms. The third-order valence-corrected chi connectivity index (χ3v) is 10.6. The zero-order chi connectivity index (χ0) is 20.8. The van der Waals surface area contributed by atoms with E-state index in [9.17, 15) is 0 Å². The lowest BCUT2D eigenvalue weighted by atomic mass is 9.47. The fraction of sp³-hybridized carbons (Fsp3) is 0.828. The summed E-state index contributed by atoms with van der Waals surface area (Å²) in [4.78, 5) is 0. The summed E-state index contributed by atoms with van der Waals surface area (Å²) in [5, 5.41) is 0. The van der Waals surface area contributed by atoms with E-state index >= 15 is 0 Å². The Hall–Kier alpha value is -0.520. The predicted molar refractivity (Wildman–Crippen MR) is 126 cm³/mol. The molecular weight excluding hydrogens is 348 g/mol. The average molecular weight is 396 g/mol. The lowest BCUT2D eigenvalue weighted by Gasteiger charge is -2.58. The van der Waals surface area contributed by atoms with Gasteiger partial charge in [0.15, 0.2) is 0 Å². The van der Waals surface area contributed by atoms with E-state index in [2.05, 4.69) is 66.2 Å². The number of allylic oxidation sites excluding steroid dienone is 4. The Morgan fingerprint density at radius 1 is 1.03 bits per heavy atom. The normalized spacial score (nSPS) is 44.2. The molecule has 1 radical (unpaired) electrons. The maximum atomic E-state index is 2.70. The fourth-order valence-electron chi connectivity index (χ4n) is 8.66. The van der Waals surface area contributed by atoms with Crippen LogP contribution in [0.1, 0.15) is 99.3 Å². The lowest BCUT2D eigenvalue weighted by molar-refractivity contribution is -0.0444. The first-order chi connectivity index (χ1) is 13.8. The van der Waals surface area contributed by atoms with Crippen LogP contribution in [0.25, 0.3) is 0 Å². The SMILES string of the molecule is CC[C@H](C=C[C@@H](C)[C@H]1CC[C@H]2[C@@H]3CC=C4C[CH]CC[C@]4(C)[C@H]3CC[C@]12C)C(C)C. The van der Waals surface area contributed by atoms with Crippen LogP contribution in [0.2, 0.25) is 0 Å². The molecule has 0 unspecified atom stereocenters. The number of hydrogen-bond donors (Lipinski definition) is 0. The molecule has 0 heteroatoms. The molecule has 0 aromatic heterocycles. The monoisotopic (exact) mass is 395 g/mol. The Morgan fingerprint density at radius 3 is 2.55 bits per heavy atom. The van der Waals surface area contributed by atoms with Crippen molar-refractivity contribution >= 4 is 0 Å². The van der Waals surface area contributed by atoms with Gasteiger partial charge in [0.05, 0.1) is 0 Å². The van der Waals surface area contributed by atoms with Gasteiger partial charge in [0, 0.05) is 0 Å². The zero-order valence-electron chi connectivity index (χ0n) is 20.2. The van der Waals surface area contributed by atoms with Crippen LogP contribution in [0.3, 0.4) is 0 Å². The molecule has 3 saturated carbocycles. The molecule has 0 saturated heterocycles. The van der Waals surface area contributed by atoms with Gasteiger partial charge in [-0.2, -0.15) is 0 Å². The van der Waals surface area contributed by atoms with E-state index in [1.54, 1.807) is 5.57 Å². The summed E-state index contributed by atoms with van der Waals surface area (Å²) in [6, 6.07) is 0. The van der Waals surface area contributed by atoms with Crippen molar-refractivity contribution in [1.82, 2.24) is 0 Å². The van der Waals surface area contributed by atoms with Crippen molar-refractivity contribution in [3.05, 3.63) is 30.2 Å². The molecule has 4 rings (SSSR count). The van der Waals surface area contributed by atoms with Gasteiger partial charge in [0.25, 0.3) is 0 Å². The molecule has 0 aliphatic heterocycles. The van der Waals surface area contributed by atoms with Gasteiger partial charge in [0.1, 0.15) is 0 Å². The molecule has 4 aliphatic carbocycles. The minimum Gasteiger partial charge on any atom is -0.0851 e. The van der Waals surface area contributed by atoms with Crippen molar-refractivity contribution in [3.8, 4) is 0 Å². The highest BCUT2D eigenvalue weighted by Crippen LogP contribution is 2.67. The summed E-state index contributed by atoms with van der Waals surface area (Å²) in [7, 11) is 0. The minimum atomic E-state index is 0.522. The van der Waals surface area contributed by atoms with Gasteiger partial charge in [0.2, 0.25) is 0 Å². The molecule has 3 fully saturated rings. The topological polar surface area (TPSA) is 0 Å². The Balaban J connectivity index is 1.52. The summed E-state index contributed by atoms with van der Waals surface area (Å²) < 4.78 is 0. The van der Waals surface area contributed by atoms with E-state index in [1.807, 2.05) is 0 Å². The molecule has 0 aromatic rings. The highest BCUT2D eigenvalue weighted by molar-refractivity contribution is 5.26.